The van der Waals surface area contributed by atoms with Gasteiger partial charge in [0.15, 0.2) is 0 Å². The third kappa shape index (κ3) is 3.39. The van der Waals surface area contributed by atoms with Gasteiger partial charge in [0.2, 0.25) is 0 Å². The van der Waals surface area contributed by atoms with Crippen LogP contribution in [-0.2, 0) is 12.0 Å². The monoisotopic (exact) mass is 204 g/mol. The molecule has 0 aliphatic heterocycles. The van der Waals surface area contributed by atoms with E-state index < -0.39 is 0 Å². The van der Waals surface area contributed by atoms with E-state index in [4.69, 9.17) is 0 Å². The fourth-order valence-electron chi connectivity index (χ4n) is 1.42. The van der Waals surface area contributed by atoms with Crippen LogP contribution in [0.2, 0.25) is 0 Å². The molecular formula is C13H20N2. The Hall–Kier alpha value is -1.31. The lowest BCUT2D eigenvalue weighted by atomic mass is 9.87. The molecular weight excluding hydrogens is 184 g/mol. The molecule has 82 valence electrons. The Bertz CT molecular complexity index is 319. The highest BCUT2D eigenvalue weighted by Crippen LogP contribution is 2.22. The molecule has 1 aromatic carbocycles. The van der Waals surface area contributed by atoms with Crippen molar-refractivity contribution in [3.05, 3.63) is 35.4 Å². The Labute approximate surface area is 92.6 Å². The molecule has 0 aliphatic rings. The summed E-state index contributed by atoms with van der Waals surface area (Å²) in [5, 5.41) is 5.66. The first kappa shape index (κ1) is 11.8. The minimum atomic E-state index is 0.223. The van der Waals surface area contributed by atoms with E-state index in [1.54, 1.807) is 0 Å². The molecule has 0 atom stereocenters. The average Bonchev–Trinajstić information content (AvgIpc) is 2.17. The summed E-state index contributed by atoms with van der Waals surface area (Å²) in [4.78, 5) is 0. The van der Waals surface area contributed by atoms with Crippen LogP contribution in [0.3, 0.4) is 0 Å². The lowest BCUT2D eigenvalue weighted by Gasteiger charge is -2.19. The molecule has 0 N–H and O–H groups in total. The van der Waals surface area contributed by atoms with E-state index in [0.29, 0.717) is 0 Å². The second-order valence-electron chi connectivity index (χ2n) is 4.90. The number of hydrogen-bond donors (Lipinski definition) is 0. The first-order chi connectivity index (χ1) is 6.93. The predicted molar refractivity (Wildman–Crippen MR) is 66.2 cm³/mol. The van der Waals surface area contributed by atoms with E-state index in [1.165, 1.54) is 11.1 Å². The Kier molecular flexibility index (Phi) is 3.51. The van der Waals surface area contributed by atoms with Gasteiger partial charge in [0, 0.05) is 13.8 Å². The largest absolute Gasteiger partial charge is 0.296 e. The molecule has 0 bridgehead atoms. The fraction of sp³-hybridized carbons (Fsp3) is 0.462. The van der Waals surface area contributed by atoms with Crippen LogP contribution in [0.4, 0.5) is 0 Å². The van der Waals surface area contributed by atoms with Gasteiger partial charge in [-0.15, -0.1) is 0 Å². The van der Waals surface area contributed by atoms with E-state index >= 15 is 0 Å². The van der Waals surface area contributed by atoms with E-state index in [2.05, 4.69) is 56.9 Å². The molecule has 0 aromatic heterocycles. The molecule has 0 heterocycles. The molecule has 15 heavy (non-hydrogen) atoms. The van der Waals surface area contributed by atoms with E-state index in [1.807, 2.05) is 12.1 Å². The van der Waals surface area contributed by atoms with Crippen LogP contribution in [-0.4, -0.2) is 18.8 Å². The smallest absolute Gasteiger partial charge is 0.0607 e. The summed E-state index contributed by atoms with van der Waals surface area (Å²) in [6.07, 6.45) is 0. The van der Waals surface area contributed by atoms with Crippen LogP contribution in [0, 0.1) is 0 Å². The highest BCUT2D eigenvalue weighted by molar-refractivity contribution is 5.27. The van der Waals surface area contributed by atoms with Crippen LogP contribution in [0.5, 0.6) is 0 Å². The maximum Gasteiger partial charge on any atom is 0.0607 e. The number of hydrogen-bond acceptors (Lipinski definition) is 2. The predicted octanol–water partition coefficient (Wildman–Crippen LogP) is 3.03. The second-order valence-corrected chi connectivity index (χ2v) is 4.90. The molecule has 0 unspecified atom stereocenters. The zero-order valence-electron chi connectivity index (χ0n) is 10.1. The zero-order chi connectivity index (χ0) is 11.5. The van der Waals surface area contributed by atoms with Crippen molar-refractivity contribution in [3.8, 4) is 0 Å². The van der Waals surface area contributed by atoms with Crippen LogP contribution >= 0.6 is 0 Å². The molecule has 1 rings (SSSR count). The minimum absolute atomic E-state index is 0.223. The van der Waals surface area contributed by atoms with Crippen LogP contribution in [0.1, 0.15) is 31.9 Å². The summed E-state index contributed by atoms with van der Waals surface area (Å²) in [6, 6.07) is 8.68. The molecule has 0 fully saturated rings. The molecule has 0 aliphatic carbocycles. The Morgan fingerprint density at radius 1 is 1.20 bits per heavy atom. The van der Waals surface area contributed by atoms with Gasteiger partial charge in [-0.1, -0.05) is 45.0 Å². The lowest BCUT2D eigenvalue weighted by Crippen LogP contribution is -2.12. The SMILES string of the molecule is C=NN(C)Cc1ccc(C(C)(C)C)cc1. The highest BCUT2D eigenvalue weighted by atomic mass is 15.4. The third-order valence-electron chi connectivity index (χ3n) is 2.47. The molecule has 0 amide bonds. The molecule has 2 heteroatoms. The van der Waals surface area contributed by atoms with Crippen molar-refractivity contribution in [3.63, 3.8) is 0 Å². The van der Waals surface area contributed by atoms with Crippen LogP contribution < -0.4 is 0 Å². The summed E-state index contributed by atoms with van der Waals surface area (Å²) in [6.45, 7) is 11.0. The summed E-state index contributed by atoms with van der Waals surface area (Å²) < 4.78 is 0. The maximum atomic E-state index is 3.84. The highest BCUT2D eigenvalue weighted by Gasteiger charge is 2.12. The molecule has 0 spiro atoms. The van der Waals surface area contributed by atoms with Crippen molar-refractivity contribution >= 4 is 6.72 Å². The zero-order valence-corrected chi connectivity index (χ0v) is 10.1. The Morgan fingerprint density at radius 2 is 1.73 bits per heavy atom. The van der Waals surface area contributed by atoms with Gasteiger partial charge in [-0.05, 0) is 16.5 Å². The van der Waals surface area contributed by atoms with Crippen molar-refractivity contribution in [2.75, 3.05) is 7.05 Å². The third-order valence-corrected chi connectivity index (χ3v) is 2.47. The Morgan fingerprint density at radius 3 is 2.13 bits per heavy atom. The minimum Gasteiger partial charge on any atom is -0.296 e. The quantitative estimate of drug-likeness (QED) is 0.546. The van der Waals surface area contributed by atoms with E-state index in [0.717, 1.165) is 6.54 Å². The number of nitrogens with zero attached hydrogens (tertiary/aromatic N) is 2. The number of rotatable bonds is 3. The van der Waals surface area contributed by atoms with Crippen molar-refractivity contribution in [1.82, 2.24) is 5.01 Å². The van der Waals surface area contributed by atoms with Gasteiger partial charge in [-0.2, -0.15) is 5.10 Å². The summed E-state index contributed by atoms with van der Waals surface area (Å²) >= 11 is 0. The standard InChI is InChI=1S/C13H20N2/c1-13(2,3)12-8-6-11(7-9-12)10-15(5)14-4/h6-9H,4,10H2,1-3,5H3. The molecule has 1 aromatic rings. The van der Waals surface area contributed by atoms with Gasteiger partial charge < -0.3 is 0 Å². The normalized spacial score (nSPS) is 11.2. The summed E-state index contributed by atoms with van der Waals surface area (Å²) in [5.74, 6) is 0. The van der Waals surface area contributed by atoms with Crippen molar-refractivity contribution in [2.24, 2.45) is 5.10 Å². The van der Waals surface area contributed by atoms with Gasteiger partial charge >= 0.3 is 0 Å². The van der Waals surface area contributed by atoms with Crippen molar-refractivity contribution < 1.29 is 0 Å². The topological polar surface area (TPSA) is 15.6 Å². The lowest BCUT2D eigenvalue weighted by molar-refractivity contribution is 0.350. The van der Waals surface area contributed by atoms with E-state index in [-0.39, 0.29) is 5.41 Å². The summed E-state index contributed by atoms with van der Waals surface area (Å²) in [7, 11) is 1.92. The molecule has 0 radical (unpaired) electrons. The van der Waals surface area contributed by atoms with Crippen molar-refractivity contribution in [1.29, 1.82) is 0 Å². The first-order valence-electron chi connectivity index (χ1n) is 5.20. The van der Waals surface area contributed by atoms with Gasteiger partial charge in [0.25, 0.3) is 0 Å². The van der Waals surface area contributed by atoms with Crippen molar-refractivity contribution in [2.45, 2.75) is 32.7 Å². The Balaban J connectivity index is 2.77. The van der Waals surface area contributed by atoms with Crippen LogP contribution in [0.25, 0.3) is 0 Å². The van der Waals surface area contributed by atoms with E-state index in [9.17, 15) is 0 Å². The second kappa shape index (κ2) is 4.47. The first-order valence-corrected chi connectivity index (χ1v) is 5.20. The average molecular weight is 204 g/mol. The number of benzene rings is 1. The van der Waals surface area contributed by atoms with Gasteiger partial charge in [-0.3, -0.25) is 5.01 Å². The summed E-state index contributed by atoms with van der Waals surface area (Å²) in [5.41, 5.74) is 2.85. The maximum absolute atomic E-state index is 3.84. The van der Waals surface area contributed by atoms with Gasteiger partial charge in [0.05, 0.1) is 6.54 Å². The van der Waals surface area contributed by atoms with Crippen LogP contribution in [0.15, 0.2) is 29.4 Å². The van der Waals surface area contributed by atoms with Gasteiger partial charge in [-0.25, -0.2) is 0 Å². The molecule has 0 saturated carbocycles. The molecule has 2 nitrogen and oxygen atoms in total. The fourth-order valence-corrected chi connectivity index (χ4v) is 1.42. The van der Waals surface area contributed by atoms with Gasteiger partial charge in [0.1, 0.15) is 0 Å². The number of hydrazone groups is 1. The molecule has 0 saturated heterocycles.